The van der Waals surface area contributed by atoms with Crippen molar-refractivity contribution in [3.8, 4) is 0 Å². The SMILES string of the molecule is CC/C=C(Cl)\C=C/CC1=C(CC2CCC(C(=O)O)C2)NC2=CC(C(=O)NCc3ccc(C)cc3)CC=C2N1. The summed E-state index contributed by atoms with van der Waals surface area (Å²) in [6, 6.07) is 8.17. The van der Waals surface area contributed by atoms with Crippen molar-refractivity contribution in [1.29, 1.82) is 0 Å². The largest absolute Gasteiger partial charge is 0.481 e. The Bertz CT molecular complexity index is 1190. The summed E-state index contributed by atoms with van der Waals surface area (Å²) in [5, 5.41) is 20.4. The number of benzene rings is 1. The Morgan fingerprint density at radius 3 is 2.61 bits per heavy atom. The van der Waals surface area contributed by atoms with E-state index in [2.05, 4.69) is 41.1 Å². The lowest BCUT2D eigenvalue weighted by atomic mass is 9.92. The first-order valence-electron chi connectivity index (χ1n) is 13.6. The molecule has 3 aliphatic rings. The van der Waals surface area contributed by atoms with E-state index in [0.29, 0.717) is 31.7 Å². The first-order valence-corrected chi connectivity index (χ1v) is 14.0. The molecule has 1 aromatic carbocycles. The number of hydrogen-bond acceptors (Lipinski definition) is 4. The second kappa shape index (κ2) is 13.0. The number of allylic oxidation sites excluding steroid dienone is 6. The number of carbonyl (C=O) groups is 2. The molecule has 202 valence electrons. The summed E-state index contributed by atoms with van der Waals surface area (Å²) in [4.78, 5) is 24.5. The van der Waals surface area contributed by atoms with Gasteiger partial charge in [0, 0.05) is 29.4 Å². The van der Waals surface area contributed by atoms with E-state index in [4.69, 9.17) is 11.6 Å². The van der Waals surface area contributed by atoms with Gasteiger partial charge in [0.25, 0.3) is 0 Å². The van der Waals surface area contributed by atoms with E-state index in [-0.39, 0.29) is 17.7 Å². The third-order valence-corrected chi connectivity index (χ3v) is 7.76. The molecule has 0 saturated heterocycles. The van der Waals surface area contributed by atoms with Gasteiger partial charge in [-0.15, -0.1) is 0 Å². The summed E-state index contributed by atoms with van der Waals surface area (Å²) in [5.41, 5.74) is 6.28. The summed E-state index contributed by atoms with van der Waals surface area (Å²) in [5.74, 6) is -0.893. The zero-order chi connectivity index (χ0) is 27.1. The number of aliphatic carboxylic acids is 1. The highest BCUT2D eigenvalue weighted by atomic mass is 35.5. The van der Waals surface area contributed by atoms with Gasteiger partial charge >= 0.3 is 5.97 Å². The molecule has 3 unspecified atom stereocenters. The van der Waals surface area contributed by atoms with Gasteiger partial charge in [-0.25, -0.2) is 0 Å². The molecule has 0 aromatic heterocycles. The van der Waals surface area contributed by atoms with Gasteiger partial charge in [-0.2, -0.15) is 0 Å². The summed E-state index contributed by atoms with van der Waals surface area (Å²) < 4.78 is 0. The molecule has 1 fully saturated rings. The van der Waals surface area contributed by atoms with Crippen LogP contribution in [0.2, 0.25) is 0 Å². The molecular weight excluding hydrogens is 498 g/mol. The maximum Gasteiger partial charge on any atom is 0.306 e. The lowest BCUT2D eigenvalue weighted by molar-refractivity contribution is -0.141. The first kappa shape index (κ1) is 27.8. The fourth-order valence-corrected chi connectivity index (χ4v) is 5.54. The van der Waals surface area contributed by atoms with Crippen LogP contribution in [0.3, 0.4) is 0 Å². The van der Waals surface area contributed by atoms with Crippen LogP contribution in [0.15, 0.2) is 82.5 Å². The fraction of sp³-hybridized carbons (Fsp3) is 0.419. The summed E-state index contributed by atoms with van der Waals surface area (Å²) in [7, 11) is 0. The van der Waals surface area contributed by atoms with Crippen molar-refractivity contribution < 1.29 is 14.7 Å². The highest BCUT2D eigenvalue weighted by Crippen LogP contribution is 2.37. The molecule has 0 radical (unpaired) electrons. The van der Waals surface area contributed by atoms with Crippen LogP contribution < -0.4 is 16.0 Å². The molecule has 1 saturated carbocycles. The van der Waals surface area contributed by atoms with Gasteiger partial charge in [0.2, 0.25) is 5.91 Å². The van der Waals surface area contributed by atoms with Gasteiger partial charge in [0.05, 0.1) is 23.2 Å². The minimum Gasteiger partial charge on any atom is -0.481 e. The number of carboxylic acids is 1. The van der Waals surface area contributed by atoms with Gasteiger partial charge in [0.1, 0.15) is 0 Å². The second-order valence-electron chi connectivity index (χ2n) is 10.5. The van der Waals surface area contributed by atoms with Crippen LogP contribution in [-0.4, -0.2) is 17.0 Å². The van der Waals surface area contributed by atoms with Crippen LogP contribution >= 0.6 is 11.6 Å². The number of hydrogen-bond donors (Lipinski definition) is 4. The lowest BCUT2D eigenvalue weighted by Gasteiger charge is -2.32. The third kappa shape index (κ3) is 7.41. The number of carbonyl (C=O) groups excluding carboxylic acids is 1. The van der Waals surface area contributed by atoms with E-state index >= 15 is 0 Å². The Morgan fingerprint density at radius 2 is 1.89 bits per heavy atom. The predicted molar refractivity (Wildman–Crippen MR) is 152 cm³/mol. The van der Waals surface area contributed by atoms with Gasteiger partial charge < -0.3 is 21.1 Å². The Kier molecular flexibility index (Phi) is 9.51. The van der Waals surface area contributed by atoms with Gasteiger partial charge in [0.15, 0.2) is 0 Å². The van der Waals surface area contributed by atoms with Gasteiger partial charge in [-0.05, 0) is 69.1 Å². The molecule has 6 nitrogen and oxygen atoms in total. The topological polar surface area (TPSA) is 90.5 Å². The van der Waals surface area contributed by atoms with Crippen molar-refractivity contribution in [3.63, 3.8) is 0 Å². The molecule has 4 N–H and O–H groups in total. The molecule has 0 bridgehead atoms. The molecule has 2 aliphatic carbocycles. The number of aryl methyl sites for hydroxylation is 1. The molecule has 3 atom stereocenters. The standard InChI is InChI=1S/C31H38ClN3O3/c1-3-5-25(32)6-4-7-26-28(17-22-12-13-24(16-22)31(37)38)35-29-18-23(14-15-27(29)34-26)30(36)33-19-21-10-8-20(2)9-11-21/h4-6,8-11,15,18,22-24,34-35H,3,7,12-14,16-17,19H2,1-2H3,(H,33,36)(H,37,38)/b6-4-,25-5+. The highest BCUT2D eigenvalue weighted by Gasteiger charge is 2.32. The van der Waals surface area contributed by atoms with Crippen molar-refractivity contribution in [3.05, 3.63) is 93.6 Å². The minimum absolute atomic E-state index is 0.00637. The zero-order valence-corrected chi connectivity index (χ0v) is 23.0. The molecular formula is C31H38ClN3O3. The molecule has 0 spiro atoms. The van der Waals surface area contributed by atoms with Crippen molar-refractivity contribution >= 4 is 23.5 Å². The van der Waals surface area contributed by atoms with Gasteiger partial charge in [-0.1, -0.05) is 66.6 Å². The summed E-state index contributed by atoms with van der Waals surface area (Å²) >= 11 is 6.25. The predicted octanol–water partition coefficient (Wildman–Crippen LogP) is 6.17. The molecule has 4 rings (SSSR count). The van der Waals surface area contributed by atoms with Crippen molar-refractivity contribution in [2.45, 2.75) is 65.3 Å². The Labute approximate surface area is 230 Å². The van der Waals surface area contributed by atoms with Crippen molar-refractivity contribution in [1.82, 2.24) is 16.0 Å². The number of rotatable bonds is 10. The number of halogens is 1. The fourth-order valence-electron chi connectivity index (χ4n) is 5.30. The van der Waals surface area contributed by atoms with Crippen molar-refractivity contribution in [2.24, 2.45) is 17.8 Å². The third-order valence-electron chi connectivity index (χ3n) is 7.47. The molecule has 1 amide bonds. The normalized spacial score (nSPS) is 23.3. The van der Waals surface area contributed by atoms with E-state index in [9.17, 15) is 14.7 Å². The Morgan fingerprint density at radius 1 is 1.13 bits per heavy atom. The molecule has 1 aromatic rings. The first-order chi connectivity index (χ1) is 18.3. The number of amides is 1. The average Bonchev–Trinajstić information content (AvgIpc) is 3.37. The average molecular weight is 536 g/mol. The smallest absolute Gasteiger partial charge is 0.306 e. The van der Waals surface area contributed by atoms with E-state index in [0.717, 1.165) is 59.1 Å². The summed E-state index contributed by atoms with van der Waals surface area (Å²) in [6.07, 6.45) is 15.3. The maximum atomic E-state index is 13.0. The van der Waals surface area contributed by atoms with E-state index in [1.807, 2.05) is 43.4 Å². The monoisotopic (exact) mass is 535 g/mol. The van der Waals surface area contributed by atoms with Gasteiger partial charge in [-0.3, -0.25) is 9.59 Å². The van der Waals surface area contributed by atoms with Crippen LogP contribution in [0.1, 0.15) is 63.0 Å². The zero-order valence-electron chi connectivity index (χ0n) is 22.2. The number of nitrogens with one attached hydrogen (secondary N) is 3. The second-order valence-corrected chi connectivity index (χ2v) is 10.9. The van der Waals surface area contributed by atoms with E-state index in [1.54, 1.807) is 0 Å². The molecule has 7 heteroatoms. The number of carboxylic acid groups (broad SMARTS) is 1. The van der Waals surface area contributed by atoms with Crippen LogP contribution in [0.4, 0.5) is 0 Å². The molecule has 1 heterocycles. The van der Waals surface area contributed by atoms with Crippen LogP contribution in [0.25, 0.3) is 0 Å². The maximum absolute atomic E-state index is 13.0. The van der Waals surface area contributed by atoms with E-state index < -0.39 is 5.97 Å². The van der Waals surface area contributed by atoms with Crippen LogP contribution in [-0.2, 0) is 16.1 Å². The van der Waals surface area contributed by atoms with Crippen LogP contribution in [0.5, 0.6) is 0 Å². The number of fused-ring (bicyclic) bond motifs is 1. The molecule has 38 heavy (non-hydrogen) atoms. The summed E-state index contributed by atoms with van der Waals surface area (Å²) in [6.45, 7) is 4.60. The Balaban J connectivity index is 1.46. The Hall–Kier alpha value is -3.25. The molecule has 1 aliphatic heterocycles. The lowest BCUT2D eigenvalue weighted by Crippen LogP contribution is -2.37. The van der Waals surface area contributed by atoms with Crippen molar-refractivity contribution in [2.75, 3.05) is 0 Å². The minimum atomic E-state index is -0.698. The van der Waals surface area contributed by atoms with Crippen LogP contribution in [0, 0.1) is 24.7 Å². The quantitative estimate of drug-likeness (QED) is 0.269. The van der Waals surface area contributed by atoms with E-state index in [1.165, 1.54) is 5.56 Å². The highest BCUT2D eigenvalue weighted by molar-refractivity contribution is 6.31.